The highest BCUT2D eigenvalue weighted by atomic mass is 15.2. The Morgan fingerprint density at radius 3 is 3.19 bits per heavy atom. The minimum absolute atomic E-state index is 0.685. The van der Waals surface area contributed by atoms with Crippen molar-refractivity contribution in [3.8, 4) is 0 Å². The fraction of sp³-hybridized carbons (Fsp3) is 0.750. The van der Waals surface area contributed by atoms with E-state index in [9.17, 15) is 0 Å². The van der Waals surface area contributed by atoms with Gasteiger partial charge in [-0.05, 0) is 26.4 Å². The van der Waals surface area contributed by atoms with Crippen molar-refractivity contribution in [1.29, 1.82) is 0 Å². The molecule has 1 aromatic rings. The van der Waals surface area contributed by atoms with Gasteiger partial charge in [-0.3, -0.25) is 4.90 Å². The summed E-state index contributed by atoms with van der Waals surface area (Å²) in [5, 5.41) is 3.41. The number of hydrogen-bond donors (Lipinski definition) is 1. The maximum atomic E-state index is 4.24. The lowest BCUT2D eigenvalue weighted by Gasteiger charge is -2.23. The first-order valence-corrected chi connectivity index (χ1v) is 6.21. The van der Waals surface area contributed by atoms with E-state index in [1.165, 1.54) is 12.1 Å². The van der Waals surface area contributed by atoms with Crippen LogP contribution in [0.4, 0.5) is 0 Å². The Bertz CT molecular complexity index is 315. The maximum absolute atomic E-state index is 4.24. The normalized spacial score (nSPS) is 20.8. The zero-order valence-corrected chi connectivity index (χ0v) is 10.3. The van der Waals surface area contributed by atoms with Crippen LogP contribution in [0, 0.1) is 0 Å². The number of nitrogens with zero attached hydrogens (tertiary/aromatic N) is 3. The van der Waals surface area contributed by atoms with E-state index in [2.05, 4.69) is 33.7 Å². The zero-order valence-electron chi connectivity index (χ0n) is 10.3. The van der Waals surface area contributed by atoms with Crippen molar-refractivity contribution in [3.05, 3.63) is 18.2 Å². The molecule has 0 saturated carbocycles. The van der Waals surface area contributed by atoms with Crippen LogP contribution in [0.25, 0.3) is 0 Å². The lowest BCUT2D eigenvalue weighted by Crippen LogP contribution is -2.33. The van der Waals surface area contributed by atoms with Gasteiger partial charge in [0.2, 0.25) is 0 Å². The third kappa shape index (κ3) is 2.62. The molecule has 1 atom stereocenters. The third-order valence-corrected chi connectivity index (χ3v) is 3.33. The molecule has 90 valence electrons. The Hall–Kier alpha value is -0.870. The summed E-state index contributed by atoms with van der Waals surface area (Å²) in [6.45, 7) is 6.56. The molecule has 1 aliphatic heterocycles. The van der Waals surface area contributed by atoms with Crippen LogP contribution in [0.5, 0.6) is 0 Å². The van der Waals surface area contributed by atoms with Gasteiger partial charge < -0.3 is 9.88 Å². The molecule has 0 amide bonds. The molecule has 2 rings (SSSR count). The second-order valence-electron chi connectivity index (χ2n) is 4.64. The fourth-order valence-corrected chi connectivity index (χ4v) is 2.32. The lowest BCUT2D eigenvalue weighted by atomic mass is 10.2. The molecule has 0 bridgehead atoms. The molecule has 1 N–H and O–H groups in total. The molecule has 4 nitrogen and oxygen atoms in total. The summed E-state index contributed by atoms with van der Waals surface area (Å²) in [6.07, 6.45) is 6.37. The van der Waals surface area contributed by atoms with Gasteiger partial charge in [0.05, 0.1) is 12.0 Å². The van der Waals surface area contributed by atoms with Crippen LogP contribution in [0.2, 0.25) is 0 Å². The van der Waals surface area contributed by atoms with Gasteiger partial charge in [0.25, 0.3) is 0 Å². The van der Waals surface area contributed by atoms with E-state index in [0.29, 0.717) is 6.04 Å². The predicted octanol–water partition coefficient (Wildman–Crippen LogP) is 1.09. The van der Waals surface area contributed by atoms with Gasteiger partial charge in [0, 0.05) is 31.9 Å². The lowest BCUT2D eigenvalue weighted by molar-refractivity contribution is 0.242. The first kappa shape index (κ1) is 11.6. The highest BCUT2D eigenvalue weighted by Crippen LogP contribution is 2.11. The number of likely N-dealkylation sites (N-methyl/N-ethyl adjacent to an activating group) is 1. The van der Waals surface area contributed by atoms with Gasteiger partial charge in [-0.15, -0.1) is 0 Å². The zero-order chi connectivity index (χ0) is 11.4. The van der Waals surface area contributed by atoms with E-state index in [1.54, 1.807) is 0 Å². The number of aromatic nitrogens is 2. The standard InChI is InChI=1S/C12H22N4/c1-3-6-16-10-14-8-12(16)9-15(2)11-4-5-13-7-11/h8,10-11,13H,3-7,9H2,1-2H3. The minimum atomic E-state index is 0.685. The largest absolute Gasteiger partial charge is 0.333 e. The fourth-order valence-electron chi connectivity index (χ4n) is 2.32. The van der Waals surface area contributed by atoms with E-state index in [4.69, 9.17) is 0 Å². The number of nitrogens with one attached hydrogen (secondary N) is 1. The van der Waals surface area contributed by atoms with Crippen molar-refractivity contribution in [1.82, 2.24) is 19.8 Å². The number of imidazole rings is 1. The van der Waals surface area contributed by atoms with Crippen LogP contribution in [0.15, 0.2) is 12.5 Å². The van der Waals surface area contributed by atoms with Crippen LogP contribution < -0.4 is 5.32 Å². The van der Waals surface area contributed by atoms with Crippen molar-refractivity contribution < 1.29 is 0 Å². The molecule has 0 radical (unpaired) electrons. The van der Waals surface area contributed by atoms with Crippen LogP contribution in [-0.2, 0) is 13.1 Å². The molecule has 1 fully saturated rings. The maximum Gasteiger partial charge on any atom is 0.0948 e. The van der Waals surface area contributed by atoms with Crippen molar-refractivity contribution >= 4 is 0 Å². The molecule has 1 aromatic heterocycles. The van der Waals surface area contributed by atoms with E-state index in [0.717, 1.165) is 32.6 Å². The number of aryl methyl sites for hydroxylation is 1. The van der Waals surface area contributed by atoms with Crippen LogP contribution >= 0.6 is 0 Å². The van der Waals surface area contributed by atoms with E-state index < -0.39 is 0 Å². The van der Waals surface area contributed by atoms with E-state index >= 15 is 0 Å². The summed E-state index contributed by atoms with van der Waals surface area (Å²) < 4.78 is 2.26. The summed E-state index contributed by atoms with van der Waals surface area (Å²) >= 11 is 0. The molecule has 0 aromatic carbocycles. The van der Waals surface area contributed by atoms with Crippen molar-refractivity contribution in [2.24, 2.45) is 0 Å². The first-order valence-electron chi connectivity index (χ1n) is 6.21. The van der Waals surface area contributed by atoms with Gasteiger partial charge in [-0.2, -0.15) is 0 Å². The SMILES string of the molecule is CCCn1cncc1CN(C)C1CCNC1. The second kappa shape index (κ2) is 5.46. The predicted molar refractivity (Wildman–Crippen MR) is 65.3 cm³/mol. The van der Waals surface area contributed by atoms with Gasteiger partial charge in [0.1, 0.15) is 0 Å². The molecule has 4 heteroatoms. The Morgan fingerprint density at radius 1 is 1.62 bits per heavy atom. The molecule has 1 aliphatic rings. The molecular formula is C12H22N4. The summed E-state index contributed by atoms with van der Waals surface area (Å²) in [5.74, 6) is 0. The smallest absolute Gasteiger partial charge is 0.0948 e. The Labute approximate surface area is 97.7 Å². The van der Waals surface area contributed by atoms with E-state index in [-0.39, 0.29) is 0 Å². The Balaban J connectivity index is 1.94. The molecule has 16 heavy (non-hydrogen) atoms. The average molecular weight is 222 g/mol. The average Bonchev–Trinajstić information content (AvgIpc) is 2.90. The number of hydrogen-bond acceptors (Lipinski definition) is 3. The van der Waals surface area contributed by atoms with Gasteiger partial charge in [-0.25, -0.2) is 4.98 Å². The Kier molecular flexibility index (Phi) is 3.96. The highest BCUT2D eigenvalue weighted by Gasteiger charge is 2.19. The summed E-state index contributed by atoms with van der Waals surface area (Å²) in [6, 6.07) is 0.685. The van der Waals surface area contributed by atoms with E-state index in [1.807, 2.05) is 12.5 Å². The third-order valence-electron chi connectivity index (χ3n) is 3.33. The summed E-state index contributed by atoms with van der Waals surface area (Å²) in [4.78, 5) is 6.67. The molecule has 2 heterocycles. The molecule has 0 spiro atoms. The quantitative estimate of drug-likeness (QED) is 0.809. The van der Waals surface area contributed by atoms with Crippen molar-refractivity contribution in [2.75, 3.05) is 20.1 Å². The molecule has 0 aliphatic carbocycles. The summed E-state index contributed by atoms with van der Waals surface area (Å²) in [5.41, 5.74) is 1.33. The summed E-state index contributed by atoms with van der Waals surface area (Å²) in [7, 11) is 2.21. The Morgan fingerprint density at radius 2 is 2.50 bits per heavy atom. The minimum Gasteiger partial charge on any atom is -0.333 e. The van der Waals surface area contributed by atoms with Gasteiger partial charge in [0.15, 0.2) is 0 Å². The van der Waals surface area contributed by atoms with Crippen LogP contribution in [0.3, 0.4) is 0 Å². The van der Waals surface area contributed by atoms with Crippen molar-refractivity contribution in [2.45, 2.75) is 38.9 Å². The van der Waals surface area contributed by atoms with Gasteiger partial charge in [-0.1, -0.05) is 6.92 Å². The molecule has 1 unspecified atom stereocenters. The van der Waals surface area contributed by atoms with Crippen LogP contribution in [0.1, 0.15) is 25.5 Å². The van der Waals surface area contributed by atoms with Crippen LogP contribution in [-0.4, -0.2) is 40.6 Å². The topological polar surface area (TPSA) is 33.1 Å². The molecular weight excluding hydrogens is 200 g/mol. The molecule has 1 saturated heterocycles. The highest BCUT2D eigenvalue weighted by molar-refractivity contribution is 4.99. The van der Waals surface area contributed by atoms with Crippen molar-refractivity contribution in [3.63, 3.8) is 0 Å². The van der Waals surface area contributed by atoms with Gasteiger partial charge >= 0.3 is 0 Å². The second-order valence-corrected chi connectivity index (χ2v) is 4.64. The monoisotopic (exact) mass is 222 g/mol. The number of rotatable bonds is 5. The first-order chi connectivity index (χ1) is 7.81.